The van der Waals surface area contributed by atoms with Gasteiger partial charge in [-0.25, -0.2) is 4.79 Å². The van der Waals surface area contributed by atoms with Crippen LogP contribution in [-0.4, -0.2) is 58.6 Å². The van der Waals surface area contributed by atoms with Crippen LogP contribution in [-0.2, 0) is 25.5 Å². The fourth-order valence-corrected chi connectivity index (χ4v) is 4.67. The molecule has 1 saturated heterocycles. The fourth-order valence-electron chi connectivity index (χ4n) is 4.67. The number of aliphatic carboxylic acids is 1. The molecule has 0 radical (unpaired) electrons. The van der Waals surface area contributed by atoms with E-state index in [0.29, 0.717) is 6.42 Å². The van der Waals surface area contributed by atoms with Crippen LogP contribution >= 0.6 is 0 Å². The monoisotopic (exact) mass is 436 g/mol. The average Bonchev–Trinajstić information content (AvgIpc) is 3.25. The SMILES string of the molecule is [2H]c1c([2H])c([2H])c(C([2H])C[C@H](N[C@@H](C)C(=O)N2[C@H](C(=O)O)C[C@H]3CCCC[C@@H]32)C(=O)OCC)c([2H])c1[2H]. The van der Waals surface area contributed by atoms with Gasteiger partial charge in [-0.05, 0) is 57.4 Å². The maximum Gasteiger partial charge on any atom is 0.326 e. The molecule has 1 aliphatic heterocycles. The van der Waals surface area contributed by atoms with Gasteiger partial charge in [0.15, 0.2) is 0 Å². The first-order valence-corrected chi connectivity index (χ1v) is 10.9. The molecule has 0 aromatic heterocycles. The molecule has 170 valence electrons. The van der Waals surface area contributed by atoms with E-state index in [1.54, 1.807) is 6.92 Å². The standard InChI is InChI=1S/C24H34N2O5/c1-3-31-24(30)19(14-13-17-9-5-4-6-10-17)25-16(2)22(27)26-20-12-8-7-11-18(20)15-21(26)23(28)29/h4-6,9-10,16,18-21,25H,3,7-8,11-15H2,1-2H3,(H,28,29)/t16-,18+,19-,20-,21-/m0/s1/i4D,5D,6D,9D,10D,13D/t13?,16-,18+,19-,20-,21-. The minimum atomic E-state index is -1.39. The Hall–Kier alpha value is -2.41. The summed E-state index contributed by atoms with van der Waals surface area (Å²) in [5, 5.41) is 12.7. The highest BCUT2D eigenvalue weighted by atomic mass is 16.5. The Morgan fingerprint density at radius 1 is 1.29 bits per heavy atom. The molecular weight excluding hydrogens is 396 g/mol. The first-order chi connectivity index (χ1) is 17.4. The zero-order chi connectivity index (χ0) is 27.6. The molecule has 31 heavy (non-hydrogen) atoms. The van der Waals surface area contributed by atoms with Gasteiger partial charge >= 0.3 is 11.9 Å². The van der Waals surface area contributed by atoms with Gasteiger partial charge in [-0.15, -0.1) is 0 Å². The van der Waals surface area contributed by atoms with E-state index in [4.69, 9.17) is 13.0 Å². The van der Waals surface area contributed by atoms with Crippen LogP contribution in [0, 0.1) is 5.92 Å². The molecule has 1 aromatic rings. The summed E-state index contributed by atoms with van der Waals surface area (Å²) < 4.78 is 53.4. The summed E-state index contributed by atoms with van der Waals surface area (Å²) in [7, 11) is 0. The summed E-state index contributed by atoms with van der Waals surface area (Å²) in [5.41, 5.74) is -0.253. The van der Waals surface area contributed by atoms with E-state index in [1.807, 2.05) is 0 Å². The van der Waals surface area contributed by atoms with Gasteiger partial charge in [-0.2, -0.15) is 0 Å². The number of fused-ring (bicyclic) bond motifs is 1. The molecule has 0 bridgehead atoms. The van der Waals surface area contributed by atoms with E-state index in [0.717, 1.165) is 25.7 Å². The molecule has 7 nitrogen and oxygen atoms in total. The number of carbonyl (C=O) groups excluding carboxylic acids is 2. The molecule has 1 heterocycles. The number of carboxylic acid groups (broad SMARTS) is 1. The van der Waals surface area contributed by atoms with Crippen molar-refractivity contribution < 1.29 is 32.5 Å². The van der Waals surface area contributed by atoms with Gasteiger partial charge in [0.25, 0.3) is 0 Å². The lowest BCUT2D eigenvalue weighted by Crippen LogP contribution is -2.55. The molecule has 6 atom stereocenters. The van der Waals surface area contributed by atoms with Crippen molar-refractivity contribution in [3.63, 3.8) is 0 Å². The third-order valence-corrected chi connectivity index (χ3v) is 6.10. The molecule has 7 heteroatoms. The molecular formula is C24H34N2O5. The van der Waals surface area contributed by atoms with Gasteiger partial charge in [0.2, 0.25) is 5.91 Å². The Balaban J connectivity index is 1.84. The first kappa shape index (κ1) is 16.3. The van der Waals surface area contributed by atoms with Crippen molar-refractivity contribution in [3.8, 4) is 0 Å². The second-order valence-corrected chi connectivity index (χ2v) is 8.12. The zero-order valence-corrected chi connectivity index (χ0v) is 17.9. The zero-order valence-electron chi connectivity index (χ0n) is 23.9. The number of hydrogen-bond acceptors (Lipinski definition) is 5. The number of esters is 1. The van der Waals surface area contributed by atoms with E-state index in [2.05, 4.69) is 5.32 Å². The highest BCUT2D eigenvalue weighted by molar-refractivity contribution is 5.88. The van der Waals surface area contributed by atoms with Crippen molar-refractivity contribution in [1.29, 1.82) is 0 Å². The van der Waals surface area contributed by atoms with Gasteiger partial charge < -0.3 is 14.7 Å². The van der Waals surface area contributed by atoms with Crippen LogP contribution < -0.4 is 5.32 Å². The number of nitrogens with zero attached hydrogens (tertiary/aromatic N) is 1. The van der Waals surface area contributed by atoms with E-state index in [-0.39, 0.29) is 30.6 Å². The van der Waals surface area contributed by atoms with Crippen LogP contribution in [0.3, 0.4) is 0 Å². The Kier molecular flexibility index (Phi) is 5.64. The Morgan fingerprint density at radius 3 is 2.68 bits per heavy atom. The number of rotatable bonds is 9. The highest BCUT2D eigenvalue weighted by Gasteiger charge is 2.48. The molecule has 2 aliphatic rings. The van der Waals surface area contributed by atoms with E-state index in [9.17, 15) is 19.5 Å². The van der Waals surface area contributed by atoms with Crippen molar-refractivity contribution in [2.45, 2.75) is 82.9 Å². The molecule has 1 aliphatic carbocycles. The molecule has 0 spiro atoms. The summed E-state index contributed by atoms with van der Waals surface area (Å²) >= 11 is 0. The third-order valence-electron chi connectivity index (χ3n) is 6.10. The topological polar surface area (TPSA) is 95.9 Å². The van der Waals surface area contributed by atoms with E-state index < -0.39 is 72.6 Å². The van der Waals surface area contributed by atoms with Gasteiger partial charge in [0, 0.05) is 7.41 Å². The number of nitrogens with one attached hydrogen (secondary N) is 1. The predicted octanol–water partition coefficient (Wildman–Crippen LogP) is 2.77. The number of likely N-dealkylation sites (tertiary alicyclic amines) is 1. The lowest BCUT2D eigenvalue weighted by molar-refractivity contribution is -0.152. The maximum absolute atomic E-state index is 13.5. The third kappa shape index (κ3) is 5.64. The molecule has 1 unspecified atom stereocenters. The second kappa shape index (κ2) is 10.8. The van der Waals surface area contributed by atoms with Crippen molar-refractivity contribution >= 4 is 17.8 Å². The quantitative estimate of drug-likeness (QED) is 0.578. The summed E-state index contributed by atoms with van der Waals surface area (Å²) in [6.07, 6.45) is 2.17. The number of amides is 1. The Labute approximate surface area is 192 Å². The van der Waals surface area contributed by atoms with Gasteiger partial charge in [-0.3, -0.25) is 14.9 Å². The van der Waals surface area contributed by atoms with Crippen LogP contribution in [0.4, 0.5) is 0 Å². The Morgan fingerprint density at radius 2 is 2.00 bits per heavy atom. The van der Waals surface area contributed by atoms with Crippen LogP contribution in [0.5, 0.6) is 0 Å². The van der Waals surface area contributed by atoms with Crippen LogP contribution in [0.2, 0.25) is 0 Å². The van der Waals surface area contributed by atoms with Crippen LogP contribution in [0.1, 0.15) is 66.2 Å². The smallest absolute Gasteiger partial charge is 0.326 e. The molecule has 2 fully saturated rings. The second-order valence-electron chi connectivity index (χ2n) is 8.12. The van der Waals surface area contributed by atoms with Gasteiger partial charge in [0.05, 0.1) is 19.5 Å². The van der Waals surface area contributed by atoms with Crippen molar-refractivity contribution in [3.05, 3.63) is 35.8 Å². The number of carboxylic acids is 1. The van der Waals surface area contributed by atoms with Crippen LogP contribution in [0.25, 0.3) is 0 Å². The fraction of sp³-hybridized carbons (Fsp3) is 0.625. The highest BCUT2D eigenvalue weighted by Crippen LogP contribution is 2.40. The molecule has 2 N–H and O–H groups in total. The van der Waals surface area contributed by atoms with Crippen LogP contribution in [0.15, 0.2) is 30.2 Å². The largest absolute Gasteiger partial charge is 0.480 e. The van der Waals surface area contributed by atoms with Gasteiger partial charge in [-0.1, -0.05) is 43.1 Å². The number of hydrogen-bond donors (Lipinski definition) is 2. The van der Waals surface area contributed by atoms with Crippen molar-refractivity contribution in [1.82, 2.24) is 10.2 Å². The van der Waals surface area contributed by atoms with Crippen molar-refractivity contribution in [2.75, 3.05) is 6.61 Å². The first-order valence-electron chi connectivity index (χ1n) is 13.9. The summed E-state index contributed by atoms with van der Waals surface area (Å²) in [5.74, 6) is -2.16. The summed E-state index contributed by atoms with van der Waals surface area (Å²) in [6, 6.07) is -6.09. The van der Waals surface area contributed by atoms with E-state index >= 15 is 0 Å². The van der Waals surface area contributed by atoms with Crippen molar-refractivity contribution in [2.24, 2.45) is 5.92 Å². The predicted molar refractivity (Wildman–Crippen MR) is 116 cm³/mol. The lowest BCUT2D eigenvalue weighted by atomic mass is 9.84. The molecule has 1 aromatic carbocycles. The van der Waals surface area contributed by atoms with E-state index in [1.165, 1.54) is 11.8 Å². The number of carbonyl (C=O) groups is 3. The lowest BCUT2D eigenvalue weighted by Gasteiger charge is -2.35. The summed E-state index contributed by atoms with van der Waals surface area (Å²) in [6.45, 7) is 3.16. The molecule has 1 amide bonds. The number of benzene rings is 1. The maximum atomic E-state index is 13.5. The summed E-state index contributed by atoms with van der Waals surface area (Å²) in [4.78, 5) is 39.6. The minimum Gasteiger partial charge on any atom is -0.480 e. The average molecular weight is 437 g/mol. The number of ether oxygens (including phenoxy) is 1. The normalized spacial score (nSPS) is 28.6. The van der Waals surface area contributed by atoms with Gasteiger partial charge in [0.1, 0.15) is 12.1 Å². The minimum absolute atomic E-state index is 0.0354. The molecule has 3 rings (SSSR count). The Bertz CT molecular complexity index is 1030. The molecule has 1 saturated carbocycles.